The molecular weight excluding hydrogens is 445 g/mol. The number of carbonyl (C=O) groups is 2. The van der Waals surface area contributed by atoms with Gasteiger partial charge in [-0.25, -0.2) is 0 Å². The highest BCUT2D eigenvalue weighted by Crippen LogP contribution is 2.36. The van der Waals surface area contributed by atoms with Gasteiger partial charge >= 0.3 is 6.18 Å². The lowest BCUT2D eigenvalue weighted by atomic mass is 10.2. The molecule has 28 heavy (non-hydrogen) atoms. The van der Waals surface area contributed by atoms with Crippen molar-refractivity contribution in [1.82, 2.24) is 19.6 Å². The van der Waals surface area contributed by atoms with Gasteiger partial charge in [-0.3, -0.25) is 14.3 Å². The number of hydrogen-bond donors (Lipinski definition) is 0. The molecule has 2 aromatic rings. The monoisotopic (exact) mass is 462 g/mol. The Morgan fingerprint density at radius 1 is 1.21 bits per heavy atom. The van der Waals surface area contributed by atoms with Gasteiger partial charge in [-0.1, -0.05) is 0 Å². The van der Waals surface area contributed by atoms with Crippen LogP contribution in [0.3, 0.4) is 0 Å². The highest BCUT2D eigenvalue weighted by Gasteiger charge is 2.39. The summed E-state index contributed by atoms with van der Waals surface area (Å²) in [6.07, 6.45) is -3.20. The fourth-order valence-corrected chi connectivity index (χ4v) is 3.60. The number of amides is 2. The average Bonchev–Trinajstić information content (AvgIpc) is 3.29. The van der Waals surface area contributed by atoms with Crippen LogP contribution in [0.15, 0.2) is 27.3 Å². The third-order valence-corrected chi connectivity index (χ3v) is 5.63. The zero-order valence-corrected chi connectivity index (χ0v) is 16.7. The SMILES string of the molecule is Cc1c(Br)c(C(F)(F)F)nn1[C@@H](C)C(=O)N1CCN(C(=O)c2ccco2)CC1. The predicted octanol–water partition coefficient (Wildman–Crippen LogP) is 3.11. The van der Waals surface area contributed by atoms with Gasteiger partial charge in [0.15, 0.2) is 11.5 Å². The van der Waals surface area contributed by atoms with Gasteiger partial charge in [-0.2, -0.15) is 18.3 Å². The summed E-state index contributed by atoms with van der Waals surface area (Å²) >= 11 is 2.91. The molecule has 0 spiro atoms. The minimum atomic E-state index is -4.62. The number of alkyl halides is 3. The predicted molar refractivity (Wildman–Crippen MR) is 95.6 cm³/mol. The van der Waals surface area contributed by atoms with E-state index in [2.05, 4.69) is 21.0 Å². The van der Waals surface area contributed by atoms with Crippen molar-refractivity contribution in [3.63, 3.8) is 0 Å². The Labute approximate surface area is 167 Å². The molecule has 0 bridgehead atoms. The molecule has 2 amide bonds. The van der Waals surface area contributed by atoms with Crippen molar-refractivity contribution >= 4 is 27.7 Å². The quantitative estimate of drug-likeness (QED) is 0.702. The summed E-state index contributed by atoms with van der Waals surface area (Å²) in [6.45, 7) is 4.17. The van der Waals surface area contributed by atoms with Crippen LogP contribution in [0.25, 0.3) is 0 Å². The zero-order valence-electron chi connectivity index (χ0n) is 15.2. The molecule has 3 rings (SSSR count). The molecule has 1 aliphatic heterocycles. The molecule has 3 heterocycles. The lowest BCUT2D eigenvalue weighted by molar-refractivity contribution is -0.143. The van der Waals surface area contributed by atoms with E-state index >= 15 is 0 Å². The molecular formula is C17H18BrF3N4O3. The number of halogens is 4. The van der Waals surface area contributed by atoms with Crippen LogP contribution in [0, 0.1) is 6.92 Å². The van der Waals surface area contributed by atoms with Crippen molar-refractivity contribution in [2.24, 2.45) is 0 Å². The second-order valence-electron chi connectivity index (χ2n) is 6.46. The third-order valence-electron chi connectivity index (χ3n) is 4.68. The first-order chi connectivity index (χ1) is 13.1. The zero-order chi connectivity index (χ0) is 20.6. The average molecular weight is 463 g/mol. The number of nitrogens with zero attached hydrogens (tertiary/aromatic N) is 4. The normalized spacial score (nSPS) is 16.4. The fourth-order valence-electron chi connectivity index (χ4n) is 3.11. The van der Waals surface area contributed by atoms with Crippen LogP contribution in [0.5, 0.6) is 0 Å². The Morgan fingerprint density at radius 3 is 2.32 bits per heavy atom. The Kier molecular flexibility index (Phi) is 5.55. The van der Waals surface area contributed by atoms with Crippen molar-refractivity contribution in [2.75, 3.05) is 26.2 Å². The van der Waals surface area contributed by atoms with Gasteiger partial charge in [0.05, 0.1) is 16.4 Å². The number of hydrogen-bond acceptors (Lipinski definition) is 4. The molecule has 152 valence electrons. The van der Waals surface area contributed by atoms with Gasteiger partial charge in [0.2, 0.25) is 5.91 Å². The molecule has 0 saturated carbocycles. The van der Waals surface area contributed by atoms with Crippen molar-refractivity contribution < 1.29 is 27.2 Å². The first-order valence-corrected chi connectivity index (χ1v) is 9.34. The molecule has 2 aromatic heterocycles. The topological polar surface area (TPSA) is 71.6 Å². The van der Waals surface area contributed by atoms with Gasteiger partial charge in [0, 0.05) is 26.2 Å². The number of aromatic nitrogens is 2. The van der Waals surface area contributed by atoms with Crippen LogP contribution in [-0.2, 0) is 11.0 Å². The van der Waals surface area contributed by atoms with Crippen molar-refractivity contribution in [3.05, 3.63) is 40.0 Å². The Hall–Kier alpha value is -2.30. The van der Waals surface area contributed by atoms with E-state index in [1.54, 1.807) is 17.0 Å². The van der Waals surface area contributed by atoms with Gasteiger partial charge in [-0.15, -0.1) is 0 Å². The summed E-state index contributed by atoms with van der Waals surface area (Å²) in [5.74, 6) is -0.381. The standard InChI is InChI=1S/C17H18BrF3N4O3/c1-10-13(18)14(17(19,20)21)22-25(10)11(2)15(26)23-5-7-24(8-6-23)16(27)12-4-3-9-28-12/h3-4,9,11H,5-8H2,1-2H3/t11-/m0/s1. The molecule has 0 aliphatic carbocycles. The summed E-state index contributed by atoms with van der Waals surface area (Å²) in [4.78, 5) is 28.1. The summed E-state index contributed by atoms with van der Waals surface area (Å²) in [5, 5.41) is 3.59. The number of furan rings is 1. The van der Waals surface area contributed by atoms with Crippen LogP contribution in [0.2, 0.25) is 0 Å². The van der Waals surface area contributed by atoms with Crippen LogP contribution in [0.1, 0.15) is 34.9 Å². The van der Waals surface area contributed by atoms with Crippen LogP contribution < -0.4 is 0 Å². The van der Waals surface area contributed by atoms with E-state index in [1.807, 2.05) is 0 Å². The van der Waals surface area contributed by atoms with E-state index in [0.717, 1.165) is 4.68 Å². The van der Waals surface area contributed by atoms with E-state index in [4.69, 9.17) is 4.42 Å². The Bertz CT molecular complexity index is 871. The van der Waals surface area contributed by atoms with Crippen LogP contribution in [0.4, 0.5) is 13.2 Å². The van der Waals surface area contributed by atoms with E-state index in [9.17, 15) is 22.8 Å². The number of rotatable bonds is 3. The fraction of sp³-hybridized carbons (Fsp3) is 0.471. The van der Waals surface area contributed by atoms with E-state index < -0.39 is 17.9 Å². The summed E-state index contributed by atoms with van der Waals surface area (Å²) in [6, 6.07) is 2.28. The summed E-state index contributed by atoms with van der Waals surface area (Å²) in [5.41, 5.74) is -0.835. The van der Waals surface area contributed by atoms with Gasteiger partial charge in [0.1, 0.15) is 6.04 Å². The molecule has 7 nitrogen and oxygen atoms in total. The lowest BCUT2D eigenvalue weighted by Crippen LogP contribution is -2.52. The largest absolute Gasteiger partial charge is 0.459 e. The van der Waals surface area contributed by atoms with Crippen LogP contribution >= 0.6 is 15.9 Å². The lowest BCUT2D eigenvalue weighted by Gasteiger charge is -2.35. The van der Waals surface area contributed by atoms with Crippen molar-refractivity contribution in [2.45, 2.75) is 26.1 Å². The Balaban J connectivity index is 1.68. The van der Waals surface area contributed by atoms with Crippen molar-refractivity contribution in [1.29, 1.82) is 0 Å². The number of piperazine rings is 1. The molecule has 11 heteroatoms. The molecule has 0 aromatic carbocycles. The molecule has 1 saturated heterocycles. The molecule has 1 fully saturated rings. The van der Waals surface area contributed by atoms with Gasteiger partial charge < -0.3 is 14.2 Å². The maximum Gasteiger partial charge on any atom is 0.436 e. The number of carbonyl (C=O) groups excluding carboxylic acids is 2. The van der Waals surface area contributed by atoms with E-state index in [0.29, 0.717) is 13.1 Å². The van der Waals surface area contributed by atoms with Crippen LogP contribution in [-0.4, -0.2) is 57.6 Å². The third kappa shape index (κ3) is 3.80. The maximum absolute atomic E-state index is 13.1. The molecule has 0 N–H and O–H groups in total. The minimum Gasteiger partial charge on any atom is -0.459 e. The first-order valence-electron chi connectivity index (χ1n) is 8.54. The van der Waals surface area contributed by atoms with Gasteiger partial charge in [-0.05, 0) is 41.9 Å². The smallest absolute Gasteiger partial charge is 0.436 e. The molecule has 1 atom stereocenters. The maximum atomic E-state index is 13.1. The van der Waals surface area contributed by atoms with Gasteiger partial charge in [0.25, 0.3) is 5.91 Å². The van der Waals surface area contributed by atoms with Crippen molar-refractivity contribution in [3.8, 4) is 0 Å². The summed E-state index contributed by atoms with van der Waals surface area (Å²) in [7, 11) is 0. The Morgan fingerprint density at radius 2 is 1.82 bits per heavy atom. The molecule has 0 radical (unpaired) electrons. The minimum absolute atomic E-state index is 0.173. The highest BCUT2D eigenvalue weighted by atomic mass is 79.9. The van der Waals surface area contributed by atoms with E-state index in [1.165, 1.54) is 25.0 Å². The second-order valence-corrected chi connectivity index (χ2v) is 7.25. The first kappa shape index (κ1) is 20.4. The highest BCUT2D eigenvalue weighted by molar-refractivity contribution is 9.10. The molecule has 0 unspecified atom stereocenters. The second kappa shape index (κ2) is 7.61. The van der Waals surface area contributed by atoms with E-state index in [-0.39, 0.29) is 40.8 Å². The summed E-state index contributed by atoms with van der Waals surface area (Å²) < 4.78 is 45.2. The molecule has 1 aliphatic rings.